The summed E-state index contributed by atoms with van der Waals surface area (Å²) in [5.41, 5.74) is 5.75. The van der Waals surface area contributed by atoms with Gasteiger partial charge in [0.25, 0.3) is 0 Å². The normalized spacial score (nSPS) is 17.8. The summed E-state index contributed by atoms with van der Waals surface area (Å²) in [6, 6.07) is 2.48. The minimum absolute atomic E-state index is 0.554. The molecule has 0 saturated carbocycles. The number of nitrogens with two attached hydrogens (primary N) is 1. The number of hydrogen-bond donors (Lipinski definition) is 1. The Morgan fingerprint density at radius 1 is 1.18 bits per heavy atom. The van der Waals surface area contributed by atoms with Gasteiger partial charge < -0.3 is 10.6 Å². The molecule has 0 atom stereocenters. The molecule has 0 spiro atoms. The van der Waals surface area contributed by atoms with E-state index >= 15 is 0 Å². The number of rotatable bonds is 2. The quantitative estimate of drug-likeness (QED) is 0.825. The van der Waals surface area contributed by atoms with Crippen LogP contribution in [0.1, 0.15) is 19.7 Å². The third-order valence-electron chi connectivity index (χ3n) is 3.21. The molecule has 1 aromatic heterocycles. The number of nitrogens with zero attached hydrogens (tertiary/aromatic N) is 4. The minimum Gasteiger partial charge on any atom is -0.384 e. The lowest BCUT2D eigenvalue weighted by Gasteiger charge is -2.37. The molecule has 0 amide bonds. The van der Waals surface area contributed by atoms with Crippen LogP contribution in [-0.2, 0) is 0 Å². The number of hydrogen-bond acceptors (Lipinski definition) is 5. The standard InChI is InChI=1S/C12H21N5/c1-9(2)16-4-6-17(7-5-16)12-8-11(13)14-10(3)15-12/h8-9H,4-7H2,1-3H3,(H2,13,14,15). The van der Waals surface area contributed by atoms with Crippen molar-refractivity contribution in [2.45, 2.75) is 26.8 Å². The van der Waals surface area contributed by atoms with Gasteiger partial charge >= 0.3 is 0 Å². The Bertz CT molecular complexity index is 362. The molecule has 2 heterocycles. The predicted octanol–water partition coefficient (Wildman–Crippen LogP) is 0.898. The van der Waals surface area contributed by atoms with Gasteiger partial charge in [-0.15, -0.1) is 0 Å². The lowest BCUT2D eigenvalue weighted by atomic mass is 10.2. The molecule has 1 fully saturated rings. The van der Waals surface area contributed by atoms with E-state index in [4.69, 9.17) is 5.73 Å². The van der Waals surface area contributed by atoms with E-state index < -0.39 is 0 Å². The van der Waals surface area contributed by atoms with Crippen LogP contribution in [0.3, 0.4) is 0 Å². The minimum atomic E-state index is 0.554. The largest absolute Gasteiger partial charge is 0.384 e. The summed E-state index contributed by atoms with van der Waals surface area (Å²) in [5.74, 6) is 2.25. The van der Waals surface area contributed by atoms with E-state index in [1.165, 1.54) is 0 Å². The van der Waals surface area contributed by atoms with Gasteiger partial charge in [-0.3, -0.25) is 4.90 Å². The maximum absolute atomic E-state index is 5.75. The summed E-state index contributed by atoms with van der Waals surface area (Å²) in [7, 11) is 0. The van der Waals surface area contributed by atoms with Gasteiger partial charge in [0.2, 0.25) is 0 Å². The smallest absolute Gasteiger partial charge is 0.134 e. The molecule has 5 nitrogen and oxygen atoms in total. The fourth-order valence-electron chi connectivity index (χ4n) is 2.20. The summed E-state index contributed by atoms with van der Waals surface area (Å²) in [6.07, 6.45) is 0. The van der Waals surface area contributed by atoms with Crippen LogP contribution >= 0.6 is 0 Å². The van der Waals surface area contributed by atoms with E-state index in [0.29, 0.717) is 11.9 Å². The van der Waals surface area contributed by atoms with Crippen molar-refractivity contribution in [3.05, 3.63) is 11.9 Å². The molecule has 0 radical (unpaired) electrons. The Kier molecular flexibility index (Phi) is 3.47. The van der Waals surface area contributed by atoms with E-state index in [1.807, 2.05) is 13.0 Å². The fraction of sp³-hybridized carbons (Fsp3) is 0.667. The van der Waals surface area contributed by atoms with E-state index in [1.54, 1.807) is 0 Å². The third kappa shape index (κ3) is 2.85. The van der Waals surface area contributed by atoms with Crippen LogP contribution in [0, 0.1) is 6.92 Å². The van der Waals surface area contributed by atoms with Crippen LogP contribution in [0.15, 0.2) is 6.07 Å². The highest BCUT2D eigenvalue weighted by Gasteiger charge is 2.20. The highest BCUT2D eigenvalue weighted by atomic mass is 15.3. The average Bonchev–Trinajstić information content (AvgIpc) is 2.28. The van der Waals surface area contributed by atoms with E-state index in [2.05, 4.69) is 33.6 Å². The second-order valence-corrected chi connectivity index (χ2v) is 4.81. The molecule has 0 bridgehead atoms. The zero-order valence-electron chi connectivity index (χ0n) is 10.8. The Hall–Kier alpha value is -1.36. The van der Waals surface area contributed by atoms with Gasteiger partial charge in [0.1, 0.15) is 17.5 Å². The van der Waals surface area contributed by atoms with Crippen LogP contribution in [0.4, 0.5) is 11.6 Å². The molecule has 94 valence electrons. The molecule has 1 aliphatic rings. The van der Waals surface area contributed by atoms with E-state index in [-0.39, 0.29) is 0 Å². The first-order chi connectivity index (χ1) is 8.06. The first kappa shape index (κ1) is 12.1. The molecule has 1 aromatic rings. The van der Waals surface area contributed by atoms with Crippen LogP contribution in [0.5, 0.6) is 0 Å². The summed E-state index contributed by atoms with van der Waals surface area (Å²) in [5, 5.41) is 0. The lowest BCUT2D eigenvalue weighted by molar-refractivity contribution is 0.209. The third-order valence-corrected chi connectivity index (χ3v) is 3.21. The summed E-state index contributed by atoms with van der Waals surface area (Å²) in [6.45, 7) is 10.5. The summed E-state index contributed by atoms with van der Waals surface area (Å²) in [4.78, 5) is 13.3. The van der Waals surface area contributed by atoms with Crippen LogP contribution in [0.2, 0.25) is 0 Å². The first-order valence-corrected chi connectivity index (χ1v) is 6.16. The van der Waals surface area contributed by atoms with Crippen molar-refractivity contribution in [1.82, 2.24) is 14.9 Å². The highest BCUT2D eigenvalue weighted by molar-refractivity contribution is 5.47. The van der Waals surface area contributed by atoms with Gasteiger partial charge in [-0.25, -0.2) is 9.97 Å². The van der Waals surface area contributed by atoms with Crippen molar-refractivity contribution in [2.24, 2.45) is 0 Å². The molecule has 2 rings (SSSR count). The van der Waals surface area contributed by atoms with Crippen LogP contribution < -0.4 is 10.6 Å². The van der Waals surface area contributed by atoms with Crippen molar-refractivity contribution < 1.29 is 0 Å². The topological polar surface area (TPSA) is 58.3 Å². The molecular formula is C12H21N5. The maximum atomic E-state index is 5.75. The average molecular weight is 235 g/mol. The Morgan fingerprint density at radius 3 is 2.35 bits per heavy atom. The van der Waals surface area contributed by atoms with Crippen LogP contribution in [0.25, 0.3) is 0 Å². The molecule has 1 aliphatic heterocycles. The summed E-state index contributed by atoms with van der Waals surface area (Å²) >= 11 is 0. The molecule has 0 unspecified atom stereocenters. The molecule has 2 N–H and O–H groups in total. The second kappa shape index (κ2) is 4.87. The van der Waals surface area contributed by atoms with Gasteiger partial charge in [-0.1, -0.05) is 0 Å². The number of anilines is 2. The molecule has 0 aliphatic carbocycles. The molecule has 0 aromatic carbocycles. The highest BCUT2D eigenvalue weighted by Crippen LogP contribution is 2.16. The predicted molar refractivity (Wildman–Crippen MR) is 70.1 cm³/mol. The zero-order chi connectivity index (χ0) is 12.4. The van der Waals surface area contributed by atoms with E-state index in [9.17, 15) is 0 Å². The van der Waals surface area contributed by atoms with Gasteiger partial charge in [0.05, 0.1) is 0 Å². The number of aromatic nitrogens is 2. The maximum Gasteiger partial charge on any atom is 0.134 e. The van der Waals surface area contributed by atoms with Crippen molar-refractivity contribution in [3.63, 3.8) is 0 Å². The lowest BCUT2D eigenvalue weighted by Crippen LogP contribution is -2.49. The van der Waals surface area contributed by atoms with Gasteiger partial charge in [0, 0.05) is 38.3 Å². The molecule has 1 saturated heterocycles. The van der Waals surface area contributed by atoms with Crippen molar-refractivity contribution in [2.75, 3.05) is 36.8 Å². The number of nitrogen functional groups attached to an aromatic ring is 1. The van der Waals surface area contributed by atoms with Gasteiger partial charge in [0.15, 0.2) is 0 Å². The Labute approximate surface area is 103 Å². The Morgan fingerprint density at radius 2 is 1.82 bits per heavy atom. The van der Waals surface area contributed by atoms with E-state index in [0.717, 1.165) is 37.8 Å². The van der Waals surface area contributed by atoms with Crippen LogP contribution in [-0.4, -0.2) is 47.1 Å². The van der Waals surface area contributed by atoms with Crippen molar-refractivity contribution in [3.8, 4) is 0 Å². The fourth-order valence-corrected chi connectivity index (χ4v) is 2.20. The Balaban J connectivity index is 2.05. The number of piperazine rings is 1. The molecule has 17 heavy (non-hydrogen) atoms. The SMILES string of the molecule is Cc1nc(N)cc(N2CCN(C(C)C)CC2)n1. The molecule has 5 heteroatoms. The molecular weight excluding hydrogens is 214 g/mol. The zero-order valence-corrected chi connectivity index (χ0v) is 10.8. The second-order valence-electron chi connectivity index (χ2n) is 4.81. The number of aryl methyl sites for hydroxylation is 1. The van der Waals surface area contributed by atoms with Crippen molar-refractivity contribution in [1.29, 1.82) is 0 Å². The first-order valence-electron chi connectivity index (χ1n) is 6.16. The summed E-state index contributed by atoms with van der Waals surface area (Å²) < 4.78 is 0. The monoisotopic (exact) mass is 235 g/mol. The van der Waals surface area contributed by atoms with Crippen molar-refractivity contribution >= 4 is 11.6 Å². The van der Waals surface area contributed by atoms with Gasteiger partial charge in [-0.05, 0) is 20.8 Å². The van der Waals surface area contributed by atoms with Gasteiger partial charge in [-0.2, -0.15) is 0 Å².